The minimum atomic E-state index is -0.235. The average Bonchev–Trinajstić information content (AvgIpc) is 3.09. The lowest BCUT2D eigenvalue weighted by molar-refractivity contribution is 0.392. The number of ether oxygens (including phenoxy) is 1. The van der Waals surface area contributed by atoms with Crippen LogP contribution >= 0.6 is 24.0 Å². The Morgan fingerprint density at radius 3 is 3.08 bits per heavy atom. The van der Waals surface area contributed by atoms with E-state index in [1.165, 1.54) is 13.2 Å². The van der Waals surface area contributed by atoms with E-state index in [4.69, 9.17) is 17.0 Å². The predicted molar refractivity (Wildman–Crippen MR) is 97.7 cm³/mol. The first kappa shape index (κ1) is 16.9. The van der Waals surface area contributed by atoms with E-state index in [1.54, 1.807) is 10.9 Å². The number of hydrogen-bond acceptors (Lipinski definition) is 5. The topological polar surface area (TPSA) is 52.0 Å². The molecule has 0 unspecified atom stereocenters. The van der Waals surface area contributed by atoms with Crippen LogP contribution in [0.3, 0.4) is 0 Å². The predicted octanol–water partition coefficient (Wildman–Crippen LogP) is 2.95. The van der Waals surface area contributed by atoms with Crippen molar-refractivity contribution in [2.75, 3.05) is 18.6 Å². The second-order valence-electron chi connectivity index (χ2n) is 5.22. The average molecular weight is 364 g/mol. The van der Waals surface area contributed by atoms with Gasteiger partial charge in [-0.3, -0.25) is 0 Å². The highest BCUT2D eigenvalue weighted by molar-refractivity contribution is 7.99. The van der Waals surface area contributed by atoms with Crippen molar-refractivity contribution < 1.29 is 9.13 Å². The molecule has 24 heavy (non-hydrogen) atoms. The zero-order valence-electron chi connectivity index (χ0n) is 13.2. The number of thioether (sulfide) groups is 1. The van der Waals surface area contributed by atoms with Crippen LogP contribution < -0.4 is 5.32 Å². The van der Waals surface area contributed by atoms with Gasteiger partial charge in [0.15, 0.2) is 0 Å². The summed E-state index contributed by atoms with van der Waals surface area (Å²) in [5.41, 5.74) is 3.07. The van der Waals surface area contributed by atoms with Gasteiger partial charge in [-0.1, -0.05) is 11.3 Å². The highest BCUT2D eigenvalue weighted by Gasteiger charge is 2.13. The first-order valence-electron chi connectivity index (χ1n) is 7.47. The van der Waals surface area contributed by atoms with Gasteiger partial charge in [-0.15, -0.1) is 5.10 Å². The van der Waals surface area contributed by atoms with Crippen molar-refractivity contribution in [3.8, 4) is 5.69 Å². The Kier molecular flexibility index (Phi) is 5.47. The number of nitrogens with one attached hydrogen (secondary N) is 1. The van der Waals surface area contributed by atoms with E-state index in [9.17, 15) is 4.39 Å². The lowest BCUT2D eigenvalue weighted by atomic mass is 10.0. The lowest BCUT2D eigenvalue weighted by Crippen LogP contribution is -2.22. The van der Waals surface area contributed by atoms with Crippen molar-refractivity contribution in [2.24, 2.45) is 0 Å². The molecule has 0 bridgehead atoms. The van der Waals surface area contributed by atoms with Gasteiger partial charge in [0, 0.05) is 17.4 Å². The maximum atomic E-state index is 14.5. The monoisotopic (exact) mass is 364 g/mol. The van der Waals surface area contributed by atoms with E-state index in [1.807, 2.05) is 23.9 Å². The number of benzene rings is 1. The molecular weight excluding hydrogens is 347 g/mol. The normalized spacial score (nSPS) is 14.2. The third-order valence-electron chi connectivity index (χ3n) is 3.67. The molecule has 5 nitrogen and oxygen atoms in total. The summed E-state index contributed by atoms with van der Waals surface area (Å²) in [5, 5.41) is 11.2. The van der Waals surface area contributed by atoms with Crippen LogP contribution in [0.4, 0.5) is 4.39 Å². The van der Waals surface area contributed by atoms with Gasteiger partial charge in [-0.2, -0.15) is 11.8 Å². The van der Waals surface area contributed by atoms with Crippen LogP contribution in [0.15, 0.2) is 30.5 Å². The van der Waals surface area contributed by atoms with Crippen LogP contribution in [0.2, 0.25) is 0 Å². The van der Waals surface area contributed by atoms with Crippen molar-refractivity contribution in [3.05, 3.63) is 47.5 Å². The zero-order chi connectivity index (χ0) is 16.9. The summed E-state index contributed by atoms with van der Waals surface area (Å²) < 4.78 is 20.9. The molecule has 3 rings (SSSR count). The maximum absolute atomic E-state index is 14.5. The minimum absolute atomic E-state index is 0.235. The Labute approximate surface area is 149 Å². The molecule has 0 radical (unpaired) electrons. The number of allylic oxidation sites excluding steroid dienone is 1. The SMILES string of the molecule is COC(=S)NCc1cn(-c2ccc(C3=CCSCC3)c(F)c2)nn1. The molecule has 1 N–H and O–H groups in total. The van der Waals surface area contributed by atoms with Gasteiger partial charge in [-0.05, 0) is 42.1 Å². The number of halogens is 1. The van der Waals surface area contributed by atoms with Gasteiger partial charge in [0.2, 0.25) is 0 Å². The van der Waals surface area contributed by atoms with E-state index in [2.05, 4.69) is 21.7 Å². The van der Waals surface area contributed by atoms with Gasteiger partial charge >= 0.3 is 0 Å². The van der Waals surface area contributed by atoms with E-state index in [0.717, 1.165) is 23.5 Å². The molecule has 1 aliphatic heterocycles. The molecule has 0 amide bonds. The molecule has 0 spiro atoms. The van der Waals surface area contributed by atoms with Crippen molar-refractivity contribution in [1.29, 1.82) is 0 Å². The molecule has 1 aliphatic rings. The number of methoxy groups -OCH3 is 1. The van der Waals surface area contributed by atoms with Crippen LogP contribution in [0.5, 0.6) is 0 Å². The van der Waals surface area contributed by atoms with E-state index in [0.29, 0.717) is 28.7 Å². The second kappa shape index (κ2) is 7.76. The van der Waals surface area contributed by atoms with Crippen molar-refractivity contribution in [2.45, 2.75) is 13.0 Å². The highest BCUT2D eigenvalue weighted by Crippen LogP contribution is 2.28. The third-order valence-corrected chi connectivity index (χ3v) is 4.87. The van der Waals surface area contributed by atoms with Crippen LogP contribution in [0.1, 0.15) is 17.7 Å². The summed E-state index contributed by atoms with van der Waals surface area (Å²) in [7, 11) is 1.50. The number of rotatable bonds is 4. The molecule has 0 atom stereocenters. The summed E-state index contributed by atoms with van der Waals surface area (Å²) in [4.78, 5) is 0. The Balaban J connectivity index is 1.76. The number of thiocarbonyl (C=S) groups is 1. The second-order valence-corrected chi connectivity index (χ2v) is 6.74. The third kappa shape index (κ3) is 3.93. The van der Waals surface area contributed by atoms with Gasteiger partial charge in [0.05, 0.1) is 25.5 Å². The first-order valence-corrected chi connectivity index (χ1v) is 9.04. The Bertz CT molecular complexity index is 775. The van der Waals surface area contributed by atoms with Gasteiger partial charge in [-0.25, -0.2) is 9.07 Å². The quantitative estimate of drug-likeness (QED) is 0.842. The lowest BCUT2D eigenvalue weighted by Gasteiger charge is -2.14. The molecular formula is C16H17FN4OS2. The fourth-order valence-corrected chi connectivity index (χ4v) is 3.34. The molecule has 0 saturated heterocycles. The van der Waals surface area contributed by atoms with Gasteiger partial charge in [0.1, 0.15) is 11.5 Å². The largest absolute Gasteiger partial charge is 0.474 e. The fourth-order valence-electron chi connectivity index (χ4n) is 2.42. The van der Waals surface area contributed by atoms with Gasteiger partial charge in [0.25, 0.3) is 5.17 Å². The first-order chi connectivity index (χ1) is 11.7. The van der Waals surface area contributed by atoms with Crippen LogP contribution in [-0.4, -0.2) is 38.8 Å². The molecule has 1 aromatic heterocycles. The number of nitrogens with zero attached hydrogens (tertiary/aromatic N) is 3. The molecule has 0 fully saturated rings. The van der Waals surface area contributed by atoms with E-state index >= 15 is 0 Å². The molecule has 2 heterocycles. The fraction of sp³-hybridized carbons (Fsp3) is 0.312. The Hall–Kier alpha value is -1.93. The maximum Gasteiger partial charge on any atom is 0.256 e. The summed E-state index contributed by atoms with van der Waals surface area (Å²) in [6, 6.07) is 5.16. The molecule has 2 aromatic rings. The van der Waals surface area contributed by atoms with Gasteiger partial charge < -0.3 is 10.1 Å². The molecule has 1 aromatic carbocycles. The summed E-state index contributed by atoms with van der Waals surface area (Å²) >= 11 is 6.77. The van der Waals surface area contributed by atoms with Crippen LogP contribution in [0, 0.1) is 5.82 Å². The summed E-state index contributed by atoms with van der Waals surface area (Å²) in [5.74, 6) is 1.75. The highest BCUT2D eigenvalue weighted by atomic mass is 32.2. The minimum Gasteiger partial charge on any atom is -0.474 e. The Morgan fingerprint density at radius 1 is 1.50 bits per heavy atom. The van der Waals surface area contributed by atoms with Crippen molar-refractivity contribution in [1.82, 2.24) is 20.3 Å². The molecule has 0 aliphatic carbocycles. The zero-order valence-corrected chi connectivity index (χ0v) is 14.8. The standard InChI is InChI=1S/C16H17FN4OS2/c1-22-16(23)18-9-12-10-21(20-19-12)13-2-3-14(15(17)8-13)11-4-6-24-7-5-11/h2-4,8,10H,5-7,9H2,1H3,(H,18,23). The van der Waals surface area contributed by atoms with E-state index in [-0.39, 0.29) is 5.82 Å². The molecule has 0 saturated carbocycles. The molecule has 8 heteroatoms. The van der Waals surface area contributed by atoms with E-state index < -0.39 is 0 Å². The van der Waals surface area contributed by atoms with Crippen LogP contribution in [0.25, 0.3) is 11.3 Å². The van der Waals surface area contributed by atoms with Crippen LogP contribution in [-0.2, 0) is 11.3 Å². The number of hydrogen-bond donors (Lipinski definition) is 1. The van der Waals surface area contributed by atoms with Crippen molar-refractivity contribution in [3.63, 3.8) is 0 Å². The smallest absolute Gasteiger partial charge is 0.256 e. The van der Waals surface area contributed by atoms with Crippen molar-refractivity contribution >= 4 is 34.7 Å². The molecule has 126 valence electrons. The summed E-state index contributed by atoms with van der Waals surface area (Å²) in [6.07, 6.45) is 4.74. The summed E-state index contributed by atoms with van der Waals surface area (Å²) in [6.45, 7) is 0.401. The number of aromatic nitrogens is 3. The Morgan fingerprint density at radius 2 is 2.38 bits per heavy atom.